The predicted octanol–water partition coefficient (Wildman–Crippen LogP) is 4.66. The third-order valence-corrected chi connectivity index (χ3v) is 2.80. The van der Waals surface area contributed by atoms with Gasteiger partial charge in [0.25, 0.3) is 0 Å². The summed E-state index contributed by atoms with van der Waals surface area (Å²) in [6, 6.07) is 15.3. The Kier molecular flexibility index (Phi) is 3.32. The van der Waals surface area contributed by atoms with Gasteiger partial charge < -0.3 is 4.90 Å². The van der Waals surface area contributed by atoms with E-state index in [1.165, 1.54) is 0 Å². The zero-order valence-electron chi connectivity index (χ0n) is 9.39. The van der Waals surface area contributed by atoms with Crippen LogP contribution >= 0.6 is 11.6 Å². The van der Waals surface area contributed by atoms with Crippen LogP contribution < -0.4 is 4.90 Å². The zero-order valence-corrected chi connectivity index (χ0v) is 10.1. The molecule has 0 saturated heterocycles. The van der Waals surface area contributed by atoms with Crippen LogP contribution in [0.3, 0.4) is 0 Å². The highest BCUT2D eigenvalue weighted by atomic mass is 35.5. The van der Waals surface area contributed by atoms with Crippen molar-refractivity contribution in [2.24, 2.45) is 0 Å². The van der Waals surface area contributed by atoms with Gasteiger partial charge >= 0.3 is 0 Å². The van der Waals surface area contributed by atoms with Crippen molar-refractivity contribution in [1.29, 1.82) is 0 Å². The monoisotopic (exact) mass is 242 g/mol. The minimum Gasteiger partial charge on any atom is -0.354 e. The van der Waals surface area contributed by atoms with E-state index >= 15 is 0 Å². The average molecular weight is 243 g/mol. The predicted molar refractivity (Wildman–Crippen MR) is 72.2 cm³/mol. The average Bonchev–Trinajstić information content (AvgIpc) is 2.39. The van der Waals surface area contributed by atoms with Gasteiger partial charge in [-0.2, -0.15) is 0 Å². The minimum absolute atomic E-state index is 0.559. The summed E-state index contributed by atoms with van der Waals surface area (Å²) in [5, 5.41) is 0.584. The Morgan fingerprint density at radius 1 is 1.12 bits per heavy atom. The topological polar surface area (TPSA) is 7.60 Å². The second kappa shape index (κ2) is 4.90. The maximum Gasteiger partial charge on any atom is 0.211 e. The number of rotatable bonds is 2. The summed E-state index contributed by atoms with van der Waals surface area (Å²) >= 11 is 5.88. The van der Waals surface area contributed by atoms with Gasteiger partial charge in [-0.25, -0.2) is 4.85 Å². The highest BCUT2D eigenvalue weighted by Gasteiger charge is 2.09. The van der Waals surface area contributed by atoms with Crippen LogP contribution in [0.1, 0.15) is 0 Å². The maximum atomic E-state index is 7.18. The van der Waals surface area contributed by atoms with E-state index in [4.69, 9.17) is 18.2 Å². The van der Waals surface area contributed by atoms with E-state index < -0.39 is 0 Å². The first-order valence-corrected chi connectivity index (χ1v) is 5.56. The molecule has 0 atom stereocenters. The molecule has 0 saturated carbocycles. The SMILES string of the molecule is [C-]#[N+]c1cc(Cl)ccc1N(C)c1ccccc1. The molecular weight excluding hydrogens is 232 g/mol. The molecule has 0 spiro atoms. The van der Waals surface area contributed by atoms with Crippen LogP contribution in [0.15, 0.2) is 48.5 Å². The van der Waals surface area contributed by atoms with Gasteiger partial charge in [0, 0.05) is 23.4 Å². The Morgan fingerprint density at radius 2 is 1.82 bits per heavy atom. The molecule has 0 N–H and O–H groups in total. The minimum atomic E-state index is 0.559. The van der Waals surface area contributed by atoms with Crippen LogP contribution in [-0.2, 0) is 0 Å². The number of halogens is 1. The van der Waals surface area contributed by atoms with E-state index in [0.29, 0.717) is 10.7 Å². The Balaban J connectivity index is 2.45. The molecule has 17 heavy (non-hydrogen) atoms. The normalized spacial score (nSPS) is 9.71. The van der Waals surface area contributed by atoms with Gasteiger partial charge in [0.05, 0.1) is 6.57 Å². The second-order valence-electron chi connectivity index (χ2n) is 3.64. The fourth-order valence-corrected chi connectivity index (χ4v) is 1.83. The van der Waals surface area contributed by atoms with E-state index in [9.17, 15) is 0 Å². The van der Waals surface area contributed by atoms with E-state index in [-0.39, 0.29) is 0 Å². The number of nitrogens with zero attached hydrogens (tertiary/aromatic N) is 2. The summed E-state index contributed by atoms with van der Waals surface area (Å²) in [4.78, 5) is 5.48. The molecule has 0 bridgehead atoms. The molecule has 0 aromatic heterocycles. The molecule has 84 valence electrons. The molecule has 2 aromatic carbocycles. The maximum absolute atomic E-state index is 7.18. The summed E-state index contributed by atoms with van der Waals surface area (Å²) in [6.45, 7) is 7.18. The van der Waals surface area contributed by atoms with Crippen LogP contribution in [0.4, 0.5) is 17.1 Å². The number of para-hydroxylation sites is 1. The van der Waals surface area contributed by atoms with Crippen LogP contribution in [0.2, 0.25) is 5.02 Å². The van der Waals surface area contributed by atoms with Crippen molar-refractivity contribution in [2.75, 3.05) is 11.9 Å². The van der Waals surface area contributed by atoms with Gasteiger partial charge in [-0.3, -0.25) is 0 Å². The van der Waals surface area contributed by atoms with Crippen LogP contribution in [0, 0.1) is 6.57 Å². The molecule has 0 aliphatic rings. The van der Waals surface area contributed by atoms with Crippen molar-refractivity contribution >= 4 is 28.7 Å². The molecule has 0 unspecified atom stereocenters. The summed E-state index contributed by atoms with van der Waals surface area (Å²) in [5.74, 6) is 0. The van der Waals surface area contributed by atoms with E-state index in [2.05, 4.69) is 4.85 Å². The molecule has 0 heterocycles. The summed E-state index contributed by atoms with van der Waals surface area (Å²) in [5.41, 5.74) is 2.46. The first-order chi connectivity index (χ1) is 8.22. The lowest BCUT2D eigenvalue weighted by molar-refractivity contribution is 1.21. The third-order valence-electron chi connectivity index (χ3n) is 2.56. The van der Waals surface area contributed by atoms with Crippen molar-refractivity contribution < 1.29 is 0 Å². The Hall–Kier alpha value is -1.98. The van der Waals surface area contributed by atoms with E-state index in [1.807, 2.05) is 48.3 Å². The fourth-order valence-electron chi connectivity index (χ4n) is 1.66. The third kappa shape index (κ3) is 2.41. The molecule has 2 aromatic rings. The highest BCUT2D eigenvalue weighted by molar-refractivity contribution is 6.31. The number of anilines is 2. The Labute approximate surface area is 106 Å². The van der Waals surface area contributed by atoms with Crippen LogP contribution in [0.5, 0.6) is 0 Å². The molecule has 0 aliphatic carbocycles. The number of hydrogen-bond donors (Lipinski definition) is 0. The highest BCUT2D eigenvalue weighted by Crippen LogP contribution is 2.34. The molecule has 0 radical (unpaired) electrons. The lowest BCUT2D eigenvalue weighted by Crippen LogP contribution is -2.09. The molecule has 2 rings (SSSR count). The van der Waals surface area contributed by atoms with Gasteiger partial charge in [0.1, 0.15) is 0 Å². The van der Waals surface area contributed by atoms with Gasteiger partial charge in [-0.15, -0.1) is 0 Å². The van der Waals surface area contributed by atoms with Crippen molar-refractivity contribution in [3.05, 3.63) is 65.0 Å². The van der Waals surface area contributed by atoms with Crippen molar-refractivity contribution in [2.45, 2.75) is 0 Å². The lowest BCUT2D eigenvalue weighted by Gasteiger charge is -2.21. The fraction of sp³-hybridized carbons (Fsp3) is 0.0714. The van der Waals surface area contributed by atoms with Gasteiger partial charge in [-0.05, 0) is 30.3 Å². The number of hydrogen-bond acceptors (Lipinski definition) is 1. The summed E-state index contributed by atoms with van der Waals surface area (Å²) in [7, 11) is 1.94. The van der Waals surface area contributed by atoms with Crippen molar-refractivity contribution in [1.82, 2.24) is 0 Å². The van der Waals surface area contributed by atoms with Gasteiger partial charge in [-0.1, -0.05) is 29.8 Å². The Bertz CT molecular complexity index is 558. The van der Waals surface area contributed by atoms with Crippen LogP contribution in [-0.4, -0.2) is 7.05 Å². The number of benzene rings is 2. The lowest BCUT2D eigenvalue weighted by atomic mass is 10.2. The summed E-state index contributed by atoms with van der Waals surface area (Å²) in [6.07, 6.45) is 0. The first kappa shape index (κ1) is 11.5. The van der Waals surface area contributed by atoms with Crippen molar-refractivity contribution in [3.63, 3.8) is 0 Å². The smallest absolute Gasteiger partial charge is 0.211 e. The van der Waals surface area contributed by atoms with Crippen molar-refractivity contribution in [3.8, 4) is 0 Å². The summed E-state index contributed by atoms with van der Waals surface area (Å²) < 4.78 is 0. The second-order valence-corrected chi connectivity index (χ2v) is 4.08. The molecular formula is C14H11ClN2. The molecule has 0 fully saturated rings. The van der Waals surface area contributed by atoms with E-state index in [0.717, 1.165) is 11.4 Å². The zero-order chi connectivity index (χ0) is 12.3. The van der Waals surface area contributed by atoms with Gasteiger partial charge in [0.2, 0.25) is 5.69 Å². The first-order valence-electron chi connectivity index (χ1n) is 5.18. The quantitative estimate of drug-likeness (QED) is 0.695. The molecule has 0 aliphatic heterocycles. The molecule has 0 amide bonds. The largest absolute Gasteiger partial charge is 0.354 e. The van der Waals surface area contributed by atoms with Gasteiger partial charge in [0.15, 0.2) is 0 Å². The Morgan fingerprint density at radius 3 is 2.47 bits per heavy atom. The van der Waals surface area contributed by atoms with E-state index in [1.54, 1.807) is 12.1 Å². The van der Waals surface area contributed by atoms with Crippen LogP contribution in [0.25, 0.3) is 4.85 Å². The molecule has 3 heteroatoms. The molecule has 2 nitrogen and oxygen atoms in total. The standard InChI is InChI=1S/C14H11ClN2/c1-16-13-10-11(15)8-9-14(13)17(2)12-6-4-3-5-7-12/h3-10H,2H3.